The molecule has 5 nitrogen and oxygen atoms in total. The Bertz CT molecular complexity index is 685. The van der Waals surface area contributed by atoms with E-state index < -0.39 is 0 Å². The molecule has 1 aromatic heterocycles. The summed E-state index contributed by atoms with van der Waals surface area (Å²) in [6.45, 7) is 4.35. The Morgan fingerprint density at radius 2 is 1.95 bits per heavy atom. The highest BCUT2D eigenvalue weighted by atomic mass is 16.6. The molecular formula is C17H19N3O2. The Kier molecular flexibility index (Phi) is 3.66. The summed E-state index contributed by atoms with van der Waals surface area (Å²) in [7, 11) is 0. The van der Waals surface area contributed by atoms with Crippen molar-refractivity contribution in [3.63, 3.8) is 0 Å². The van der Waals surface area contributed by atoms with E-state index in [1.54, 1.807) is 12.1 Å². The zero-order chi connectivity index (χ0) is 15.7. The quantitative estimate of drug-likeness (QED) is 0.694. The normalized spacial score (nSPS) is 23.4. The molecule has 0 spiro atoms. The van der Waals surface area contributed by atoms with E-state index in [9.17, 15) is 10.1 Å². The third kappa shape index (κ3) is 2.72. The SMILES string of the molecule is CC1(C)NC(c2cccc([N+](=O)[O-])c2)CC1c1ccncc1. The monoisotopic (exact) mass is 297 g/mol. The lowest BCUT2D eigenvalue weighted by molar-refractivity contribution is -0.384. The fraction of sp³-hybridized carbons (Fsp3) is 0.353. The van der Waals surface area contributed by atoms with Crippen LogP contribution in [0.25, 0.3) is 0 Å². The van der Waals surface area contributed by atoms with Gasteiger partial charge in [-0.05, 0) is 43.5 Å². The number of benzene rings is 1. The van der Waals surface area contributed by atoms with Crippen LogP contribution in [-0.4, -0.2) is 15.4 Å². The highest BCUT2D eigenvalue weighted by Gasteiger charge is 2.41. The Balaban J connectivity index is 1.89. The number of nitrogens with zero attached hydrogens (tertiary/aromatic N) is 2. The van der Waals surface area contributed by atoms with E-state index in [2.05, 4.69) is 24.1 Å². The third-order valence-corrected chi connectivity index (χ3v) is 4.48. The molecule has 0 amide bonds. The van der Waals surface area contributed by atoms with Gasteiger partial charge in [0.15, 0.2) is 0 Å². The summed E-state index contributed by atoms with van der Waals surface area (Å²) in [5.74, 6) is 0.347. The summed E-state index contributed by atoms with van der Waals surface area (Å²) < 4.78 is 0. The van der Waals surface area contributed by atoms with Gasteiger partial charge in [-0.25, -0.2) is 0 Å². The molecule has 1 aliphatic rings. The standard InChI is InChI=1S/C17H19N3O2/c1-17(2)15(12-6-8-18-9-7-12)11-16(19-17)13-4-3-5-14(10-13)20(21)22/h3-10,15-16,19H,11H2,1-2H3. The minimum absolute atomic E-state index is 0.0728. The van der Waals surface area contributed by atoms with Crippen molar-refractivity contribution < 1.29 is 4.92 Å². The third-order valence-electron chi connectivity index (χ3n) is 4.48. The van der Waals surface area contributed by atoms with Crippen LogP contribution in [0.15, 0.2) is 48.8 Å². The molecule has 22 heavy (non-hydrogen) atoms. The van der Waals surface area contributed by atoms with Gasteiger partial charge in [0.05, 0.1) is 4.92 Å². The number of aromatic nitrogens is 1. The van der Waals surface area contributed by atoms with E-state index in [0.29, 0.717) is 5.92 Å². The highest BCUT2D eigenvalue weighted by molar-refractivity contribution is 5.37. The Labute approximate surface area is 129 Å². The number of pyridine rings is 1. The first-order chi connectivity index (χ1) is 10.5. The molecule has 1 aliphatic heterocycles. The molecular weight excluding hydrogens is 278 g/mol. The second-order valence-corrected chi connectivity index (χ2v) is 6.34. The van der Waals surface area contributed by atoms with Gasteiger partial charge in [-0.3, -0.25) is 15.1 Å². The van der Waals surface area contributed by atoms with Gasteiger partial charge in [-0.2, -0.15) is 0 Å². The predicted octanol–water partition coefficient (Wildman–Crippen LogP) is 3.59. The molecule has 2 atom stereocenters. The van der Waals surface area contributed by atoms with Crippen LogP contribution in [0.2, 0.25) is 0 Å². The van der Waals surface area contributed by atoms with Gasteiger partial charge in [0.2, 0.25) is 0 Å². The van der Waals surface area contributed by atoms with E-state index in [1.165, 1.54) is 11.6 Å². The lowest BCUT2D eigenvalue weighted by Gasteiger charge is -2.27. The Morgan fingerprint density at radius 3 is 2.64 bits per heavy atom. The van der Waals surface area contributed by atoms with Gasteiger partial charge in [0.25, 0.3) is 5.69 Å². The lowest BCUT2D eigenvalue weighted by atomic mass is 9.83. The first kappa shape index (κ1) is 14.7. The van der Waals surface area contributed by atoms with Crippen molar-refractivity contribution in [2.24, 2.45) is 0 Å². The molecule has 2 aromatic rings. The minimum atomic E-state index is -0.343. The fourth-order valence-corrected chi connectivity index (χ4v) is 3.36. The number of nitro benzene ring substituents is 1. The first-order valence-electron chi connectivity index (χ1n) is 7.39. The van der Waals surface area contributed by atoms with Gasteiger partial charge in [0, 0.05) is 42.0 Å². The number of rotatable bonds is 3. The number of non-ortho nitro benzene ring substituents is 1. The van der Waals surface area contributed by atoms with E-state index in [-0.39, 0.29) is 22.2 Å². The van der Waals surface area contributed by atoms with Crippen molar-refractivity contribution in [2.45, 2.75) is 37.8 Å². The van der Waals surface area contributed by atoms with Gasteiger partial charge >= 0.3 is 0 Å². The summed E-state index contributed by atoms with van der Waals surface area (Å²) in [5.41, 5.74) is 2.29. The van der Waals surface area contributed by atoms with Crippen molar-refractivity contribution in [2.75, 3.05) is 0 Å². The number of nitrogens with one attached hydrogen (secondary N) is 1. The molecule has 0 radical (unpaired) electrons. The summed E-state index contributed by atoms with van der Waals surface area (Å²) in [6, 6.07) is 11.1. The second-order valence-electron chi connectivity index (χ2n) is 6.34. The molecule has 1 aromatic carbocycles. The van der Waals surface area contributed by atoms with Crippen LogP contribution in [-0.2, 0) is 0 Å². The maximum Gasteiger partial charge on any atom is 0.269 e. The molecule has 1 saturated heterocycles. The van der Waals surface area contributed by atoms with Crippen molar-refractivity contribution >= 4 is 5.69 Å². The zero-order valence-corrected chi connectivity index (χ0v) is 12.7. The fourth-order valence-electron chi connectivity index (χ4n) is 3.36. The van der Waals surface area contributed by atoms with Crippen LogP contribution in [0, 0.1) is 10.1 Å². The van der Waals surface area contributed by atoms with Gasteiger partial charge < -0.3 is 5.32 Å². The van der Waals surface area contributed by atoms with Crippen molar-refractivity contribution in [1.82, 2.24) is 10.3 Å². The van der Waals surface area contributed by atoms with E-state index in [0.717, 1.165) is 12.0 Å². The van der Waals surface area contributed by atoms with Crippen molar-refractivity contribution in [1.29, 1.82) is 0 Å². The molecule has 1 N–H and O–H groups in total. The van der Waals surface area contributed by atoms with Crippen LogP contribution in [0.5, 0.6) is 0 Å². The van der Waals surface area contributed by atoms with Crippen molar-refractivity contribution in [3.8, 4) is 0 Å². The Morgan fingerprint density at radius 1 is 1.23 bits per heavy atom. The minimum Gasteiger partial charge on any atom is -0.304 e. The van der Waals surface area contributed by atoms with Crippen molar-refractivity contribution in [3.05, 3.63) is 70.0 Å². The zero-order valence-electron chi connectivity index (χ0n) is 12.7. The average molecular weight is 297 g/mol. The molecule has 2 unspecified atom stereocenters. The number of nitro groups is 1. The smallest absolute Gasteiger partial charge is 0.269 e. The highest BCUT2D eigenvalue weighted by Crippen LogP contribution is 2.43. The molecule has 3 rings (SSSR count). The first-order valence-corrected chi connectivity index (χ1v) is 7.39. The van der Waals surface area contributed by atoms with E-state index in [1.807, 2.05) is 30.6 Å². The van der Waals surface area contributed by atoms with Crippen LogP contribution in [0.4, 0.5) is 5.69 Å². The lowest BCUT2D eigenvalue weighted by Crippen LogP contribution is -2.37. The number of hydrogen-bond acceptors (Lipinski definition) is 4. The summed E-state index contributed by atoms with van der Waals surface area (Å²) in [4.78, 5) is 14.7. The molecule has 0 saturated carbocycles. The molecule has 0 bridgehead atoms. The molecule has 114 valence electrons. The van der Waals surface area contributed by atoms with Crippen LogP contribution < -0.4 is 5.32 Å². The Hall–Kier alpha value is -2.27. The van der Waals surface area contributed by atoms with Crippen LogP contribution in [0.1, 0.15) is 43.4 Å². The molecule has 5 heteroatoms. The summed E-state index contributed by atoms with van der Waals surface area (Å²) in [6.07, 6.45) is 4.54. The van der Waals surface area contributed by atoms with Gasteiger partial charge in [-0.1, -0.05) is 12.1 Å². The molecule has 0 aliphatic carbocycles. The number of hydrogen-bond donors (Lipinski definition) is 1. The molecule has 1 fully saturated rings. The van der Waals surface area contributed by atoms with Crippen LogP contribution in [0.3, 0.4) is 0 Å². The largest absolute Gasteiger partial charge is 0.304 e. The maximum atomic E-state index is 11.0. The second kappa shape index (κ2) is 5.50. The van der Waals surface area contributed by atoms with E-state index >= 15 is 0 Å². The predicted molar refractivity (Wildman–Crippen MR) is 84.6 cm³/mol. The van der Waals surface area contributed by atoms with Crippen LogP contribution >= 0.6 is 0 Å². The topological polar surface area (TPSA) is 68.1 Å². The molecule has 2 heterocycles. The maximum absolute atomic E-state index is 11.0. The van der Waals surface area contributed by atoms with Gasteiger partial charge in [-0.15, -0.1) is 0 Å². The van der Waals surface area contributed by atoms with Gasteiger partial charge in [0.1, 0.15) is 0 Å². The summed E-state index contributed by atoms with van der Waals surface area (Å²) in [5, 5.41) is 14.6. The van der Waals surface area contributed by atoms with E-state index in [4.69, 9.17) is 0 Å². The average Bonchev–Trinajstić information content (AvgIpc) is 2.84. The summed E-state index contributed by atoms with van der Waals surface area (Å²) >= 11 is 0.